The fourth-order valence-electron chi connectivity index (χ4n) is 11.1. The van der Waals surface area contributed by atoms with Crippen LogP contribution in [-0.4, -0.2) is 60.4 Å². The van der Waals surface area contributed by atoms with E-state index in [2.05, 4.69) is 12.1 Å². The molecule has 0 saturated carbocycles. The molecule has 0 amide bonds. The maximum atomic E-state index is 15.1. The molecule has 0 fully saturated rings. The second-order valence-electron chi connectivity index (χ2n) is 21.1. The number of rotatable bonds is 20. The van der Waals surface area contributed by atoms with Gasteiger partial charge in [0.25, 0.3) is 0 Å². The largest absolute Gasteiger partial charge is 0.504 e. The van der Waals surface area contributed by atoms with Crippen LogP contribution in [0.1, 0.15) is 56.3 Å². The van der Waals surface area contributed by atoms with Gasteiger partial charge in [-0.25, -0.2) is 0 Å². The first-order chi connectivity index (χ1) is 44.2. The van der Waals surface area contributed by atoms with E-state index in [0.29, 0.717) is 62.6 Å². The Kier molecular flexibility index (Phi) is 18.7. The van der Waals surface area contributed by atoms with E-state index in [9.17, 15) is 30.9 Å². The topological polar surface area (TPSA) is 258 Å². The SMILES string of the molecule is COc1cc(C=CC(=O)C2=C(C=Cc3ccc(O)c(OC)c3)N(c3ccc(Cc4ccc(N5C(N)=C(C#N)C(c6ccccc6)C(C(=O)C=Cc6ccc(O)c(OC)c6)=C5C=Cc5ccc(O)c(OC)c5)cc4)cc3)C(N)=C(C#N)C2c2ccccc2)ccc1O. The third-order valence-electron chi connectivity index (χ3n) is 15.6. The number of nitriles is 2. The Bertz CT molecular complexity index is 4170. The molecule has 2 heterocycles. The van der Waals surface area contributed by atoms with Gasteiger partial charge in [-0.3, -0.25) is 19.4 Å². The van der Waals surface area contributed by atoms with Crippen molar-refractivity contribution in [3.05, 3.63) is 296 Å². The molecule has 0 radical (unpaired) electrons. The third-order valence-corrected chi connectivity index (χ3v) is 15.6. The maximum absolute atomic E-state index is 15.1. The second kappa shape index (κ2) is 27.5. The monoisotopic (exact) mass is 1210 g/mol. The van der Waals surface area contributed by atoms with Gasteiger partial charge in [-0.1, -0.05) is 133 Å². The molecule has 2 atom stereocenters. The average molecular weight is 1210 g/mol. The van der Waals surface area contributed by atoms with Crippen LogP contribution in [0.5, 0.6) is 46.0 Å². The van der Waals surface area contributed by atoms with Crippen molar-refractivity contribution in [3.63, 3.8) is 0 Å². The summed E-state index contributed by atoms with van der Waals surface area (Å²) in [4.78, 5) is 33.6. The van der Waals surface area contributed by atoms with Gasteiger partial charge in [0, 0.05) is 22.5 Å². The van der Waals surface area contributed by atoms with Gasteiger partial charge in [-0.2, -0.15) is 10.5 Å². The molecule has 2 aliphatic heterocycles. The molecule has 452 valence electrons. The molecule has 10 rings (SSSR count). The van der Waals surface area contributed by atoms with Gasteiger partial charge < -0.3 is 50.8 Å². The summed E-state index contributed by atoms with van der Waals surface area (Å²) in [5, 5.41) is 63.7. The number of ether oxygens (including phenoxy) is 4. The van der Waals surface area contributed by atoms with Crippen molar-refractivity contribution in [2.24, 2.45) is 11.5 Å². The highest BCUT2D eigenvalue weighted by Crippen LogP contribution is 2.46. The Morgan fingerprint density at radius 1 is 0.440 bits per heavy atom. The first-order valence-corrected chi connectivity index (χ1v) is 28.6. The highest BCUT2D eigenvalue weighted by Gasteiger charge is 2.40. The van der Waals surface area contributed by atoms with Crippen molar-refractivity contribution in [1.82, 2.24) is 0 Å². The molecule has 0 spiro atoms. The lowest BCUT2D eigenvalue weighted by Gasteiger charge is -2.36. The molecule has 2 aliphatic rings. The fraction of sp³-hybridized carbons (Fsp3) is 0.0933. The van der Waals surface area contributed by atoms with E-state index in [0.717, 1.165) is 11.1 Å². The number of aromatic hydroxyl groups is 4. The zero-order chi connectivity index (χ0) is 64.3. The lowest BCUT2D eigenvalue weighted by molar-refractivity contribution is -0.112. The van der Waals surface area contributed by atoms with E-state index in [1.807, 2.05) is 109 Å². The molecule has 8 N–H and O–H groups in total. The van der Waals surface area contributed by atoms with E-state index in [4.69, 9.17) is 30.4 Å². The average Bonchev–Trinajstić information content (AvgIpc) is 0.761. The van der Waals surface area contributed by atoms with Gasteiger partial charge in [0.2, 0.25) is 0 Å². The second-order valence-corrected chi connectivity index (χ2v) is 21.1. The molecule has 0 saturated heterocycles. The lowest BCUT2D eigenvalue weighted by atomic mass is 9.79. The Hall–Kier alpha value is -12.4. The smallest absolute Gasteiger partial charge is 0.184 e. The number of hydrogen-bond donors (Lipinski definition) is 6. The minimum atomic E-state index is -0.908. The summed E-state index contributed by atoms with van der Waals surface area (Å²) in [5.41, 5.74) is 22.3. The van der Waals surface area contributed by atoms with Crippen LogP contribution in [0, 0.1) is 22.7 Å². The molecule has 0 aliphatic carbocycles. The summed E-state index contributed by atoms with van der Waals surface area (Å²) >= 11 is 0. The number of allylic oxidation sites excluding steroid dienone is 8. The minimum Gasteiger partial charge on any atom is -0.504 e. The Labute approximate surface area is 526 Å². The molecule has 8 aromatic carbocycles. The number of phenolic OH excluding ortho intramolecular Hbond substituents is 4. The predicted octanol–water partition coefficient (Wildman–Crippen LogP) is 13.2. The van der Waals surface area contributed by atoms with Crippen LogP contribution in [0.25, 0.3) is 24.3 Å². The summed E-state index contributed by atoms with van der Waals surface area (Å²) in [5.74, 6) is -1.83. The highest BCUT2D eigenvalue weighted by molar-refractivity contribution is 6.11. The molecule has 8 aromatic rings. The Morgan fingerprint density at radius 2 is 0.747 bits per heavy atom. The maximum Gasteiger partial charge on any atom is 0.184 e. The number of hydrogen-bond acceptors (Lipinski definition) is 16. The summed E-state index contributed by atoms with van der Waals surface area (Å²) in [7, 11) is 5.76. The number of benzene rings is 8. The van der Waals surface area contributed by atoms with Crippen LogP contribution in [0.2, 0.25) is 0 Å². The van der Waals surface area contributed by atoms with Crippen molar-refractivity contribution in [1.29, 1.82) is 10.5 Å². The van der Waals surface area contributed by atoms with Crippen LogP contribution in [0.4, 0.5) is 11.4 Å². The van der Waals surface area contributed by atoms with E-state index in [-0.39, 0.29) is 79.9 Å². The summed E-state index contributed by atoms with van der Waals surface area (Å²) in [6.07, 6.45) is 13.5. The first kappa shape index (κ1) is 61.7. The van der Waals surface area contributed by atoms with Crippen LogP contribution in [-0.2, 0) is 16.0 Å². The molecular weight excluding hydrogens is 1140 g/mol. The number of ketones is 2. The van der Waals surface area contributed by atoms with Crippen molar-refractivity contribution in [3.8, 4) is 58.1 Å². The van der Waals surface area contributed by atoms with Gasteiger partial charge in [-0.05, 0) is 148 Å². The Morgan fingerprint density at radius 3 is 1.04 bits per heavy atom. The van der Waals surface area contributed by atoms with Crippen molar-refractivity contribution in [2.45, 2.75) is 18.3 Å². The quantitative estimate of drug-likeness (QED) is 0.0388. The van der Waals surface area contributed by atoms with E-state index in [1.165, 1.54) is 64.9 Å². The van der Waals surface area contributed by atoms with Gasteiger partial charge in [-0.15, -0.1) is 0 Å². The molecule has 16 nitrogen and oxygen atoms in total. The molecule has 0 bridgehead atoms. The zero-order valence-electron chi connectivity index (χ0n) is 50.0. The van der Waals surface area contributed by atoms with Crippen molar-refractivity contribution < 1.29 is 49.0 Å². The summed E-state index contributed by atoms with van der Waals surface area (Å²) < 4.78 is 21.5. The van der Waals surface area contributed by atoms with E-state index < -0.39 is 23.4 Å². The van der Waals surface area contributed by atoms with Gasteiger partial charge in [0.15, 0.2) is 57.6 Å². The number of nitrogens with zero attached hydrogens (tertiary/aromatic N) is 4. The van der Waals surface area contributed by atoms with E-state index in [1.54, 1.807) is 94.8 Å². The first-order valence-electron chi connectivity index (χ1n) is 28.6. The van der Waals surface area contributed by atoms with Gasteiger partial charge in [0.1, 0.15) is 11.6 Å². The number of anilines is 2. The molecule has 0 aromatic heterocycles. The van der Waals surface area contributed by atoms with Crippen LogP contribution in [0.3, 0.4) is 0 Å². The number of nitrogens with two attached hydrogens (primary N) is 2. The van der Waals surface area contributed by atoms with Crippen molar-refractivity contribution >= 4 is 47.2 Å². The molecular formula is C75H62N6O10. The van der Waals surface area contributed by atoms with Crippen LogP contribution < -0.4 is 40.2 Å². The minimum absolute atomic E-state index is 0.0585. The zero-order valence-corrected chi connectivity index (χ0v) is 50.0. The number of methoxy groups -OCH3 is 4. The fourth-order valence-corrected chi connectivity index (χ4v) is 11.1. The summed E-state index contributed by atoms with van der Waals surface area (Å²) in [6, 6.07) is 57.3. The molecule has 91 heavy (non-hydrogen) atoms. The van der Waals surface area contributed by atoms with E-state index >= 15 is 9.59 Å². The highest BCUT2D eigenvalue weighted by atomic mass is 16.5. The molecule has 2 unspecified atom stereocenters. The Balaban J connectivity index is 1.05. The van der Waals surface area contributed by atoms with Crippen LogP contribution >= 0.6 is 0 Å². The normalized spacial score (nSPS) is 15.2. The van der Waals surface area contributed by atoms with Crippen LogP contribution in [0.15, 0.2) is 252 Å². The number of carbonyl (C=O) groups excluding carboxylic acids is 2. The summed E-state index contributed by atoms with van der Waals surface area (Å²) in [6.45, 7) is 0. The van der Waals surface area contributed by atoms with Gasteiger partial charge >= 0.3 is 0 Å². The third kappa shape index (κ3) is 13.2. The van der Waals surface area contributed by atoms with Crippen molar-refractivity contribution in [2.75, 3.05) is 38.2 Å². The standard InChI is InChI=1S/C75H62N6O10/c1-88-66-40-48(21-33-60(66)82)19-31-58-72(64(86)37-25-50-23-35-62(84)68(42-50)90-3)70(52-11-7-5-8-12-52)56(44-76)74(78)80(58)54-27-15-46(16-28-54)39-47-17-29-55(30-18-47)81-59(32-20-49-22-34-61(83)67(41-49)89-2)73(65(87)38-26-51-24-36-63(85)69(43-51)91-4)71(57(45-77)75(81)79)53-13-9-6-10-14-53/h5-38,40-43,70-71,82-85H,39,78-79H2,1-4H3. The molecule has 16 heteroatoms. The number of phenols is 4. The lowest BCUT2D eigenvalue weighted by Crippen LogP contribution is -2.36. The number of carbonyl (C=O) groups is 2. The van der Waals surface area contributed by atoms with Gasteiger partial charge in [0.05, 0.1) is 75.0 Å². The predicted molar refractivity (Wildman–Crippen MR) is 352 cm³/mol.